The van der Waals surface area contributed by atoms with E-state index < -0.39 is 0 Å². The summed E-state index contributed by atoms with van der Waals surface area (Å²) in [7, 11) is 2.19. The highest BCUT2D eigenvalue weighted by Gasteiger charge is 2.43. The van der Waals surface area contributed by atoms with Crippen LogP contribution < -0.4 is 0 Å². The Hall–Kier alpha value is -0.550. The number of hydrogen-bond donors (Lipinski definition) is 0. The third-order valence-corrected chi connectivity index (χ3v) is 3.37. The Bertz CT molecular complexity index is 198. The second-order valence-electron chi connectivity index (χ2n) is 4.28. The molecule has 1 heterocycles. The lowest BCUT2D eigenvalue weighted by Crippen LogP contribution is -2.31. The van der Waals surface area contributed by atoms with Crippen molar-refractivity contribution in [2.75, 3.05) is 20.1 Å². The van der Waals surface area contributed by atoms with E-state index >= 15 is 0 Å². The van der Waals surface area contributed by atoms with E-state index in [1.165, 1.54) is 32.4 Å². The molecule has 1 saturated heterocycles. The molecule has 0 bridgehead atoms. The maximum absolute atomic E-state index is 8.70. The molecule has 1 aliphatic heterocycles. The first-order valence-corrected chi connectivity index (χ1v) is 4.89. The van der Waals surface area contributed by atoms with Crippen LogP contribution >= 0.6 is 0 Å². The highest BCUT2D eigenvalue weighted by Crippen LogP contribution is 2.47. The summed E-state index contributed by atoms with van der Waals surface area (Å²) in [6.45, 7) is 2.47. The second kappa shape index (κ2) is 3.06. The Labute approximate surface area is 74.2 Å². The highest BCUT2D eigenvalue weighted by molar-refractivity contribution is 5.04. The van der Waals surface area contributed by atoms with Gasteiger partial charge in [-0.15, -0.1) is 0 Å². The number of hydrogen-bond acceptors (Lipinski definition) is 2. The summed E-state index contributed by atoms with van der Waals surface area (Å²) in [5.41, 5.74) is 0. The van der Waals surface area contributed by atoms with Crippen LogP contribution in [0.4, 0.5) is 0 Å². The Morgan fingerprint density at radius 2 is 2.00 bits per heavy atom. The molecule has 2 aliphatic rings. The van der Waals surface area contributed by atoms with Crippen LogP contribution in [0, 0.1) is 29.1 Å². The van der Waals surface area contributed by atoms with Crippen molar-refractivity contribution in [2.45, 2.75) is 19.3 Å². The van der Waals surface area contributed by atoms with Gasteiger partial charge in [0.05, 0.1) is 6.07 Å². The highest BCUT2D eigenvalue weighted by atomic mass is 15.1. The van der Waals surface area contributed by atoms with Gasteiger partial charge in [-0.05, 0) is 51.2 Å². The van der Waals surface area contributed by atoms with Gasteiger partial charge in [-0.2, -0.15) is 5.26 Å². The first-order chi connectivity index (χ1) is 5.81. The number of nitriles is 1. The molecule has 2 heteroatoms. The van der Waals surface area contributed by atoms with Crippen LogP contribution in [0.3, 0.4) is 0 Å². The van der Waals surface area contributed by atoms with Crippen LogP contribution in [-0.2, 0) is 0 Å². The van der Waals surface area contributed by atoms with Gasteiger partial charge in [0.25, 0.3) is 0 Å². The number of rotatable bonds is 1. The molecule has 0 aromatic heterocycles. The van der Waals surface area contributed by atoms with Gasteiger partial charge in [0.1, 0.15) is 0 Å². The fourth-order valence-corrected chi connectivity index (χ4v) is 2.34. The van der Waals surface area contributed by atoms with Crippen LogP contribution in [0.2, 0.25) is 0 Å². The summed E-state index contributed by atoms with van der Waals surface area (Å²) < 4.78 is 0. The van der Waals surface area contributed by atoms with E-state index in [9.17, 15) is 0 Å². The zero-order chi connectivity index (χ0) is 8.55. The van der Waals surface area contributed by atoms with Crippen LogP contribution in [0.5, 0.6) is 0 Å². The standard InChI is InChI=1S/C10H16N2/c1-12-4-2-8(3-5-12)10-6-9(10)7-11/h8-10H,2-6H2,1H3. The van der Waals surface area contributed by atoms with E-state index in [1.54, 1.807) is 0 Å². The fraction of sp³-hybridized carbons (Fsp3) is 0.900. The van der Waals surface area contributed by atoms with Gasteiger partial charge >= 0.3 is 0 Å². The van der Waals surface area contributed by atoms with Crippen molar-refractivity contribution in [1.82, 2.24) is 4.90 Å². The predicted molar refractivity (Wildman–Crippen MR) is 47.4 cm³/mol. The van der Waals surface area contributed by atoms with Gasteiger partial charge in [-0.25, -0.2) is 0 Å². The quantitative estimate of drug-likeness (QED) is 0.587. The molecule has 0 spiro atoms. The van der Waals surface area contributed by atoms with Crippen LogP contribution in [0.15, 0.2) is 0 Å². The summed E-state index contributed by atoms with van der Waals surface area (Å²) in [4.78, 5) is 2.39. The number of likely N-dealkylation sites (tertiary alicyclic amines) is 1. The third kappa shape index (κ3) is 1.47. The van der Waals surface area contributed by atoms with Crippen molar-refractivity contribution in [1.29, 1.82) is 5.26 Å². The van der Waals surface area contributed by atoms with Crippen LogP contribution in [0.25, 0.3) is 0 Å². The monoisotopic (exact) mass is 164 g/mol. The smallest absolute Gasteiger partial charge is 0.0658 e. The summed E-state index contributed by atoms with van der Waals surface area (Å²) in [6, 6.07) is 2.38. The molecule has 2 fully saturated rings. The van der Waals surface area contributed by atoms with E-state index in [0.717, 1.165) is 11.8 Å². The largest absolute Gasteiger partial charge is 0.306 e. The molecule has 2 unspecified atom stereocenters. The van der Waals surface area contributed by atoms with Gasteiger partial charge in [0.15, 0.2) is 0 Å². The molecular weight excluding hydrogens is 148 g/mol. The maximum Gasteiger partial charge on any atom is 0.0658 e. The Balaban J connectivity index is 1.81. The third-order valence-electron chi connectivity index (χ3n) is 3.37. The lowest BCUT2D eigenvalue weighted by atomic mass is 9.91. The van der Waals surface area contributed by atoms with Gasteiger partial charge in [0.2, 0.25) is 0 Å². The fourth-order valence-electron chi connectivity index (χ4n) is 2.34. The van der Waals surface area contributed by atoms with Gasteiger partial charge in [-0.3, -0.25) is 0 Å². The van der Waals surface area contributed by atoms with Crippen molar-refractivity contribution < 1.29 is 0 Å². The number of piperidine rings is 1. The van der Waals surface area contributed by atoms with Crippen molar-refractivity contribution in [3.05, 3.63) is 0 Å². The van der Waals surface area contributed by atoms with E-state index in [1.807, 2.05) is 0 Å². The Kier molecular flexibility index (Phi) is 2.06. The molecule has 0 radical (unpaired) electrons. The summed E-state index contributed by atoms with van der Waals surface area (Å²) >= 11 is 0. The van der Waals surface area contributed by atoms with Crippen molar-refractivity contribution in [3.8, 4) is 6.07 Å². The lowest BCUT2D eigenvalue weighted by molar-refractivity contribution is 0.202. The minimum atomic E-state index is 0.415. The molecule has 0 aromatic carbocycles. The first kappa shape index (κ1) is 8.07. The van der Waals surface area contributed by atoms with Crippen LogP contribution in [0.1, 0.15) is 19.3 Å². The van der Waals surface area contributed by atoms with E-state index in [4.69, 9.17) is 5.26 Å². The zero-order valence-electron chi connectivity index (χ0n) is 7.66. The van der Waals surface area contributed by atoms with E-state index in [0.29, 0.717) is 5.92 Å². The molecule has 1 aliphatic carbocycles. The molecule has 1 saturated carbocycles. The second-order valence-corrected chi connectivity index (χ2v) is 4.28. The SMILES string of the molecule is CN1CCC(C2CC2C#N)CC1. The maximum atomic E-state index is 8.70. The molecule has 2 rings (SSSR count). The molecule has 0 amide bonds. The minimum absolute atomic E-state index is 0.415. The zero-order valence-corrected chi connectivity index (χ0v) is 7.66. The lowest BCUT2D eigenvalue weighted by Gasteiger charge is -2.28. The average molecular weight is 164 g/mol. The summed E-state index contributed by atoms with van der Waals surface area (Å²) in [5.74, 6) is 2.05. The topological polar surface area (TPSA) is 27.0 Å². The van der Waals surface area contributed by atoms with Crippen molar-refractivity contribution in [3.63, 3.8) is 0 Å². The minimum Gasteiger partial charge on any atom is -0.306 e. The van der Waals surface area contributed by atoms with E-state index in [2.05, 4.69) is 18.0 Å². The number of nitrogens with zero attached hydrogens (tertiary/aromatic N) is 2. The van der Waals surface area contributed by atoms with Crippen molar-refractivity contribution in [2.24, 2.45) is 17.8 Å². The van der Waals surface area contributed by atoms with Crippen molar-refractivity contribution >= 4 is 0 Å². The van der Waals surface area contributed by atoms with Gasteiger partial charge < -0.3 is 4.90 Å². The normalized spacial score (nSPS) is 37.7. The van der Waals surface area contributed by atoms with Crippen LogP contribution in [-0.4, -0.2) is 25.0 Å². The average Bonchev–Trinajstić information content (AvgIpc) is 2.85. The predicted octanol–water partition coefficient (Wildman–Crippen LogP) is 1.49. The first-order valence-electron chi connectivity index (χ1n) is 4.89. The summed E-state index contributed by atoms with van der Waals surface area (Å²) in [6.07, 6.45) is 3.82. The summed E-state index contributed by atoms with van der Waals surface area (Å²) in [5, 5.41) is 8.70. The molecule has 2 nitrogen and oxygen atoms in total. The molecular formula is C10H16N2. The Morgan fingerprint density at radius 3 is 2.50 bits per heavy atom. The molecule has 66 valence electrons. The molecule has 2 atom stereocenters. The van der Waals surface area contributed by atoms with Gasteiger partial charge in [-0.1, -0.05) is 0 Å². The molecule has 0 aromatic rings. The molecule has 12 heavy (non-hydrogen) atoms. The van der Waals surface area contributed by atoms with E-state index in [-0.39, 0.29) is 0 Å². The van der Waals surface area contributed by atoms with Gasteiger partial charge in [0, 0.05) is 5.92 Å². The molecule has 0 N–H and O–H groups in total. The Morgan fingerprint density at radius 1 is 1.33 bits per heavy atom.